The molecule has 0 unspecified atom stereocenters. The number of hydrogen-bond donors (Lipinski definition) is 2. The van der Waals surface area contributed by atoms with Crippen LogP contribution in [0.5, 0.6) is 0 Å². The Morgan fingerprint density at radius 1 is 1.10 bits per heavy atom. The lowest BCUT2D eigenvalue weighted by atomic mass is 9.95. The number of nitrogens with zero attached hydrogens (tertiary/aromatic N) is 1. The second kappa shape index (κ2) is 5.71. The van der Waals surface area contributed by atoms with Crippen molar-refractivity contribution in [2.45, 2.75) is 32.1 Å². The van der Waals surface area contributed by atoms with Crippen LogP contribution in [0.3, 0.4) is 0 Å². The number of carbonyl (C=O) groups is 2. The summed E-state index contributed by atoms with van der Waals surface area (Å²) in [4.78, 5) is 40.4. The van der Waals surface area contributed by atoms with Gasteiger partial charge in [-0.05, 0) is 37.3 Å². The summed E-state index contributed by atoms with van der Waals surface area (Å²) in [5.74, 6) is -0.328. The van der Waals surface area contributed by atoms with Gasteiger partial charge < -0.3 is 15.2 Å². The molecule has 0 radical (unpaired) electrons. The number of rotatable bonds is 1. The Labute approximate surface area is 122 Å². The first-order chi connectivity index (χ1) is 10.1. The normalized spacial score (nSPS) is 18.7. The Balaban J connectivity index is 1.87. The number of pyridine rings is 1. The summed E-state index contributed by atoms with van der Waals surface area (Å²) in [6, 6.07) is 1.75. The third-order valence-corrected chi connectivity index (χ3v) is 4.17. The monoisotopic (exact) mass is 289 g/mol. The quantitative estimate of drug-likeness (QED) is 0.775. The van der Waals surface area contributed by atoms with Crippen molar-refractivity contribution >= 4 is 11.8 Å². The first kappa shape index (κ1) is 13.9. The van der Waals surface area contributed by atoms with Crippen LogP contribution in [0.4, 0.5) is 0 Å². The van der Waals surface area contributed by atoms with Crippen LogP contribution in [-0.2, 0) is 17.6 Å². The molecule has 1 aliphatic carbocycles. The molecule has 0 bridgehead atoms. The Morgan fingerprint density at radius 3 is 2.76 bits per heavy atom. The van der Waals surface area contributed by atoms with E-state index in [1.807, 2.05) is 0 Å². The lowest BCUT2D eigenvalue weighted by molar-refractivity contribution is -0.120. The number of aryl methyl sites for hydroxylation is 2. The van der Waals surface area contributed by atoms with Crippen molar-refractivity contribution in [1.82, 2.24) is 15.2 Å². The van der Waals surface area contributed by atoms with Crippen molar-refractivity contribution in [3.63, 3.8) is 0 Å². The van der Waals surface area contributed by atoms with Crippen molar-refractivity contribution in [2.75, 3.05) is 19.6 Å². The van der Waals surface area contributed by atoms with Gasteiger partial charge in [0.1, 0.15) is 5.56 Å². The molecule has 1 aromatic heterocycles. The highest BCUT2D eigenvalue weighted by molar-refractivity contribution is 5.94. The molecular weight excluding hydrogens is 270 g/mol. The van der Waals surface area contributed by atoms with Gasteiger partial charge >= 0.3 is 0 Å². The van der Waals surface area contributed by atoms with Crippen LogP contribution < -0.4 is 10.9 Å². The molecule has 6 nitrogen and oxygen atoms in total. The van der Waals surface area contributed by atoms with E-state index in [4.69, 9.17) is 0 Å². The molecule has 0 atom stereocenters. The minimum absolute atomic E-state index is 0.0512. The highest BCUT2D eigenvalue weighted by atomic mass is 16.2. The molecule has 2 heterocycles. The third-order valence-electron chi connectivity index (χ3n) is 4.17. The van der Waals surface area contributed by atoms with Gasteiger partial charge in [0.2, 0.25) is 5.91 Å². The molecule has 6 heteroatoms. The van der Waals surface area contributed by atoms with E-state index in [0.29, 0.717) is 19.6 Å². The molecule has 2 N–H and O–H groups in total. The van der Waals surface area contributed by atoms with Gasteiger partial charge in [0.15, 0.2) is 0 Å². The Kier molecular flexibility index (Phi) is 3.77. The molecule has 1 aliphatic heterocycles. The fourth-order valence-corrected chi connectivity index (χ4v) is 2.97. The van der Waals surface area contributed by atoms with E-state index in [-0.39, 0.29) is 29.4 Å². The summed E-state index contributed by atoms with van der Waals surface area (Å²) in [7, 11) is 0. The molecular formula is C15H19N3O3. The zero-order valence-corrected chi connectivity index (χ0v) is 11.9. The smallest absolute Gasteiger partial charge is 0.261 e. The molecule has 0 saturated carbocycles. The maximum atomic E-state index is 12.5. The Hall–Kier alpha value is -2.11. The second-order valence-electron chi connectivity index (χ2n) is 5.62. The average Bonchev–Trinajstić information content (AvgIpc) is 2.70. The van der Waals surface area contributed by atoms with Crippen molar-refractivity contribution in [2.24, 2.45) is 0 Å². The largest absolute Gasteiger partial charge is 0.354 e. The summed E-state index contributed by atoms with van der Waals surface area (Å²) in [6.07, 6.45) is 4.24. The molecule has 0 aromatic carbocycles. The summed E-state index contributed by atoms with van der Waals surface area (Å²) in [5.41, 5.74) is 1.93. The summed E-state index contributed by atoms with van der Waals surface area (Å²) in [6.45, 7) is 1.25. The van der Waals surface area contributed by atoms with Crippen molar-refractivity contribution in [3.8, 4) is 0 Å². The van der Waals surface area contributed by atoms with E-state index in [0.717, 1.165) is 36.9 Å². The van der Waals surface area contributed by atoms with Gasteiger partial charge in [0.05, 0.1) is 0 Å². The average molecular weight is 289 g/mol. The minimum atomic E-state index is -0.316. The number of H-pyrrole nitrogens is 1. The molecule has 1 saturated heterocycles. The van der Waals surface area contributed by atoms with Crippen molar-refractivity contribution in [1.29, 1.82) is 0 Å². The van der Waals surface area contributed by atoms with E-state index in [1.165, 1.54) is 0 Å². The zero-order valence-electron chi connectivity index (χ0n) is 11.9. The number of hydrogen-bond acceptors (Lipinski definition) is 3. The predicted molar refractivity (Wildman–Crippen MR) is 77.2 cm³/mol. The summed E-state index contributed by atoms with van der Waals surface area (Å²) < 4.78 is 0. The second-order valence-corrected chi connectivity index (χ2v) is 5.62. The van der Waals surface area contributed by atoms with E-state index < -0.39 is 0 Å². The molecule has 2 amide bonds. The van der Waals surface area contributed by atoms with Crippen LogP contribution >= 0.6 is 0 Å². The topological polar surface area (TPSA) is 82.3 Å². The fraction of sp³-hybridized carbons (Fsp3) is 0.533. The third kappa shape index (κ3) is 2.84. The van der Waals surface area contributed by atoms with Crippen LogP contribution in [0, 0.1) is 0 Å². The van der Waals surface area contributed by atoms with Crippen LogP contribution in [0.2, 0.25) is 0 Å². The standard InChI is InChI=1S/C15H19N3O3/c19-13-5-7-18(8-6-16-13)15(21)11-9-10-3-1-2-4-12(10)17-14(11)20/h9H,1-8H2,(H,16,19)(H,17,20). The van der Waals surface area contributed by atoms with Crippen LogP contribution in [0.15, 0.2) is 10.9 Å². The van der Waals surface area contributed by atoms with Gasteiger partial charge in [-0.3, -0.25) is 14.4 Å². The maximum absolute atomic E-state index is 12.5. The van der Waals surface area contributed by atoms with Crippen LogP contribution in [-0.4, -0.2) is 41.3 Å². The number of aromatic nitrogens is 1. The number of aromatic amines is 1. The Morgan fingerprint density at radius 2 is 1.90 bits per heavy atom. The first-order valence-electron chi connectivity index (χ1n) is 7.46. The van der Waals surface area contributed by atoms with Gasteiger partial charge in [0, 0.05) is 31.7 Å². The maximum Gasteiger partial charge on any atom is 0.261 e. The van der Waals surface area contributed by atoms with Gasteiger partial charge in [-0.2, -0.15) is 0 Å². The minimum Gasteiger partial charge on any atom is -0.354 e. The lowest BCUT2D eigenvalue weighted by Gasteiger charge is -2.21. The number of nitrogens with one attached hydrogen (secondary N) is 2. The molecule has 3 rings (SSSR count). The molecule has 0 spiro atoms. The van der Waals surface area contributed by atoms with E-state index in [1.54, 1.807) is 11.0 Å². The van der Waals surface area contributed by atoms with E-state index in [2.05, 4.69) is 10.3 Å². The van der Waals surface area contributed by atoms with Gasteiger partial charge in [-0.15, -0.1) is 0 Å². The number of carbonyl (C=O) groups excluding carboxylic acids is 2. The number of amides is 2. The number of fused-ring (bicyclic) bond motifs is 1. The highest BCUT2D eigenvalue weighted by Crippen LogP contribution is 2.19. The molecule has 1 aromatic rings. The Bertz CT molecular complexity index is 636. The van der Waals surface area contributed by atoms with Crippen LogP contribution in [0.25, 0.3) is 0 Å². The van der Waals surface area contributed by atoms with Crippen LogP contribution in [0.1, 0.15) is 40.9 Å². The van der Waals surface area contributed by atoms with Crippen molar-refractivity contribution in [3.05, 3.63) is 33.2 Å². The molecule has 2 aliphatic rings. The van der Waals surface area contributed by atoms with Crippen molar-refractivity contribution < 1.29 is 9.59 Å². The van der Waals surface area contributed by atoms with E-state index >= 15 is 0 Å². The predicted octanol–water partition coefficient (Wildman–Crippen LogP) is 0.216. The molecule has 21 heavy (non-hydrogen) atoms. The highest BCUT2D eigenvalue weighted by Gasteiger charge is 2.23. The molecule has 1 fully saturated rings. The van der Waals surface area contributed by atoms with Gasteiger partial charge in [-0.25, -0.2) is 0 Å². The summed E-state index contributed by atoms with van der Waals surface area (Å²) in [5, 5.41) is 2.73. The van der Waals surface area contributed by atoms with Gasteiger partial charge in [-0.1, -0.05) is 0 Å². The fourth-order valence-electron chi connectivity index (χ4n) is 2.97. The zero-order chi connectivity index (χ0) is 14.8. The van der Waals surface area contributed by atoms with Gasteiger partial charge in [0.25, 0.3) is 11.5 Å². The van der Waals surface area contributed by atoms with E-state index in [9.17, 15) is 14.4 Å². The summed E-state index contributed by atoms with van der Waals surface area (Å²) >= 11 is 0. The SMILES string of the molecule is O=C1CCN(C(=O)c2cc3c([nH]c2=O)CCCC3)CCN1. The molecule has 112 valence electrons. The first-order valence-corrected chi connectivity index (χ1v) is 7.46. The lowest BCUT2D eigenvalue weighted by Crippen LogP contribution is -2.37.